The number of aromatic carboxylic acids is 1. The quantitative estimate of drug-likeness (QED) is 0.452. The van der Waals surface area contributed by atoms with Gasteiger partial charge in [0.15, 0.2) is 5.58 Å². The third-order valence-electron chi connectivity index (χ3n) is 4.47. The van der Waals surface area contributed by atoms with E-state index in [1.165, 1.54) is 18.2 Å². The second-order valence-electron chi connectivity index (χ2n) is 6.57. The number of carboxylic acids is 1. The molecule has 4 aromatic rings. The summed E-state index contributed by atoms with van der Waals surface area (Å²) in [7, 11) is -3.89. The Kier molecular flexibility index (Phi) is 4.97. The van der Waals surface area contributed by atoms with Crippen LogP contribution in [0.15, 0.2) is 70.0 Å². The van der Waals surface area contributed by atoms with Crippen LogP contribution in [-0.2, 0) is 10.0 Å². The summed E-state index contributed by atoms with van der Waals surface area (Å²) < 4.78 is 33.9. The van der Waals surface area contributed by atoms with E-state index in [0.29, 0.717) is 27.4 Å². The lowest BCUT2D eigenvalue weighted by molar-refractivity contribution is 0.0698. The van der Waals surface area contributed by atoms with Gasteiger partial charge in [0.25, 0.3) is 10.0 Å². The molecule has 0 saturated heterocycles. The van der Waals surface area contributed by atoms with Crippen molar-refractivity contribution >= 4 is 44.4 Å². The van der Waals surface area contributed by atoms with E-state index in [2.05, 4.69) is 9.71 Å². The van der Waals surface area contributed by atoms with Gasteiger partial charge in [0.1, 0.15) is 11.1 Å². The van der Waals surface area contributed by atoms with Gasteiger partial charge >= 0.3 is 5.97 Å². The molecular formula is C21H15ClN2O5S. The number of sulfonamides is 1. The average molecular weight is 443 g/mol. The van der Waals surface area contributed by atoms with E-state index in [1.54, 1.807) is 49.4 Å². The Morgan fingerprint density at radius 1 is 1.10 bits per heavy atom. The molecule has 0 aliphatic carbocycles. The molecular weight excluding hydrogens is 428 g/mol. The van der Waals surface area contributed by atoms with Gasteiger partial charge in [0.05, 0.1) is 10.6 Å². The number of fused-ring (bicyclic) bond motifs is 1. The number of nitrogens with zero attached hydrogens (tertiary/aromatic N) is 1. The highest BCUT2D eigenvalue weighted by molar-refractivity contribution is 7.92. The zero-order chi connectivity index (χ0) is 21.5. The number of benzene rings is 3. The predicted molar refractivity (Wildman–Crippen MR) is 113 cm³/mol. The van der Waals surface area contributed by atoms with Gasteiger partial charge in [-0.25, -0.2) is 18.2 Å². The number of aromatic nitrogens is 1. The summed E-state index contributed by atoms with van der Waals surface area (Å²) in [6, 6.07) is 15.5. The fourth-order valence-corrected chi connectivity index (χ4v) is 4.39. The van der Waals surface area contributed by atoms with Crippen LogP contribution in [0.2, 0.25) is 5.02 Å². The number of halogens is 1. The van der Waals surface area contributed by atoms with E-state index in [1.807, 2.05) is 0 Å². The molecule has 30 heavy (non-hydrogen) atoms. The van der Waals surface area contributed by atoms with Crippen molar-refractivity contribution in [3.8, 4) is 11.5 Å². The summed E-state index contributed by atoms with van der Waals surface area (Å²) in [5, 5.41) is 9.82. The van der Waals surface area contributed by atoms with Crippen LogP contribution in [0.4, 0.5) is 5.69 Å². The van der Waals surface area contributed by atoms with Crippen molar-refractivity contribution in [2.75, 3.05) is 4.72 Å². The maximum atomic E-state index is 12.9. The fourth-order valence-electron chi connectivity index (χ4n) is 2.98. The smallest absolute Gasteiger partial charge is 0.339 e. The van der Waals surface area contributed by atoms with Crippen molar-refractivity contribution < 1.29 is 22.7 Å². The SMILES string of the molecule is Cc1cc(Cl)ccc1NS(=O)(=O)c1cccc(-c2nc3cccc(C(=O)O)c3o2)c1. The number of para-hydroxylation sites is 1. The minimum atomic E-state index is -3.89. The van der Waals surface area contributed by atoms with Crippen LogP contribution >= 0.6 is 11.6 Å². The molecule has 0 saturated carbocycles. The van der Waals surface area contributed by atoms with E-state index < -0.39 is 16.0 Å². The van der Waals surface area contributed by atoms with Gasteiger partial charge in [-0.05, 0) is 61.0 Å². The molecule has 1 aromatic heterocycles. The van der Waals surface area contributed by atoms with Crippen molar-refractivity contribution in [1.29, 1.82) is 0 Å². The molecule has 0 radical (unpaired) electrons. The Morgan fingerprint density at radius 2 is 1.87 bits per heavy atom. The number of nitrogens with one attached hydrogen (secondary N) is 1. The minimum Gasteiger partial charge on any atom is -0.478 e. The molecule has 4 rings (SSSR count). The van der Waals surface area contributed by atoms with Crippen LogP contribution in [0.1, 0.15) is 15.9 Å². The molecule has 7 nitrogen and oxygen atoms in total. The van der Waals surface area contributed by atoms with Gasteiger partial charge in [-0.15, -0.1) is 0 Å². The summed E-state index contributed by atoms with van der Waals surface area (Å²) in [6.07, 6.45) is 0. The minimum absolute atomic E-state index is 0.00932. The van der Waals surface area contributed by atoms with Gasteiger partial charge in [0.2, 0.25) is 5.89 Å². The fraction of sp³-hybridized carbons (Fsp3) is 0.0476. The molecule has 0 fully saturated rings. The highest BCUT2D eigenvalue weighted by Crippen LogP contribution is 2.29. The highest BCUT2D eigenvalue weighted by Gasteiger charge is 2.19. The molecule has 0 atom stereocenters. The van der Waals surface area contributed by atoms with E-state index >= 15 is 0 Å². The first-order valence-corrected chi connectivity index (χ1v) is 10.6. The van der Waals surface area contributed by atoms with Crippen LogP contribution in [0, 0.1) is 6.92 Å². The largest absolute Gasteiger partial charge is 0.478 e. The Balaban J connectivity index is 1.73. The summed E-state index contributed by atoms with van der Waals surface area (Å²) in [5.41, 5.74) is 1.98. The third kappa shape index (κ3) is 3.74. The van der Waals surface area contributed by atoms with Crippen molar-refractivity contribution in [2.45, 2.75) is 11.8 Å². The van der Waals surface area contributed by atoms with Gasteiger partial charge in [-0.2, -0.15) is 0 Å². The van der Waals surface area contributed by atoms with E-state index in [9.17, 15) is 18.3 Å². The number of rotatable bonds is 5. The molecule has 152 valence electrons. The van der Waals surface area contributed by atoms with Crippen LogP contribution < -0.4 is 4.72 Å². The topological polar surface area (TPSA) is 110 Å². The Morgan fingerprint density at radius 3 is 2.60 bits per heavy atom. The molecule has 9 heteroatoms. The number of hydrogen-bond acceptors (Lipinski definition) is 5. The Hall–Kier alpha value is -3.36. The molecule has 2 N–H and O–H groups in total. The van der Waals surface area contributed by atoms with E-state index in [-0.39, 0.29) is 21.9 Å². The molecule has 0 bridgehead atoms. The number of hydrogen-bond donors (Lipinski definition) is 2. The molecule has 0 amide bonds. The second-order valence-corrected chi connectivity index (χ2v) is 8.69. The van der Waals surface area contributed by atoms with Gasteiger partial charge in [-0.3, -0.25) is 4.72 Å². The lowest BCUT2D eigenvalue weighted by atomic mass is 10.2. The van der Waals surface area contributed by atoms with E-state index in [0.717, 1.165) is 0 Å². The first-order valence-electron chi connectivity index (χ1n) is 8.77. The van der Waals surface area contributed by atoms with Crippen molar-refractivity contribution in [1.82, 2.24) is 4.98 Å². The third-order valence-corrected chi connectivity index (χ3v) is 6.07. The number of oxazole rings is 1. The average Bonchev–Trinajstić information content (AvgIpc) is 3.14. The molecule has 1 heterocycles. The van der Waals surface area contributed by atoms with Crippen LogP contribution in [-0.4, -0.2) is 24.5 Å². The summed E-state index contributed by atoms with van der Waals surface area (Å²) in [5.74, 6) is -1.01. The molecule has 0 aliphatic rings. The first kappa shape index (κ1) is 19.9. The number of anilines is 1. The normalized spacial score (nSPS) is 11.5. The van der Waals surface area contributed by atoms with Crippen molar-refractivity contribution in [2.24, 2.45) is 0 Å². The Labute approximate surface area is 177 Å². The Bertz CT molecular complexity index is 1400. The highest BCUT2D eigenvalue weighted by atomic mass is 35.5. The molecule has 0 aliphatic heterocycles. The van der Waals surface area contributed by atoms with E-state index in [4.69, 9.17) is 16.0 Å². The lowest BCUT2D eigenvalue weighted by Gasteiger charge is -2.11. The van der Waals surface area contributed by atoms with Crippen LogP contribution in [0.3, 0.4) is 0 Å². The van der Waals surface area contributed by atoms with Crippen molar-refractivity contribution in [3.05, 3.63) is 76.8 Å². The molecule has 0 unspecified atom stereocenters. The van der Waals surface area contributed by atoms with Gasteiger partial charge < -0.3 is 9.52 Å². The zero-order valence-corrected chi connectivity index (χ0v) is 17.2. The van der Waals surface area contributed by atoms with Crippen molar-refractivity contribution in [3.63, 3.8) is 0 Å². The summed E-state index contributed by atoms with van der Waals surface area (Å²) in [4.78, 5) is 15.7. The number of carboxylic acid groups (broad SMARTS) is 1. The van der Waals surface area contributed by atoms with Gasteiger partial charge in [-0.1, -0.05) is 23.7 Å². The summed E-state index contributed by atoms with van der Waals surface area (Å²) in [6.45, 7) is 1.75. The number of aryl methyl sites for hydroxylation is 1. The first-order chi connectivity index (χ1) is 14.2. The zero-order valence-electron chi connectivity index (χ0n) is 15.6. The second kappa shape index (κ2) is 7.47. The molecule has 0 spiro atoms. The molecule has 3 aromatic carbocycles. The number of carbonyl (C=O) groups is 1. The lowest BCUT2D eigenvalue weighted by Crippen LogP contribution is -2.13. The maximum Gasteiger partial charge on any atom is 0.339 e. The van der Waals surface area contributed by atoms with Gasteiger partial charge in [0, 0.05) is 10.6 Å². The monoisotopic (exact) mass is 442 g/mol. The maximum absolute atomic E-state index is 12.9. The van der Waals surface area contributed by atoms with Crippen LogP contribution in [0.5, 0.6) is 0 Å². The summed E-state index contributed by atoms with van der Waals surface area (Å²) >= 11 is 5.93. The predicted octanol–water partition coefficient (Wildman–Crippen LogP) is 4.96. The standard InChI is InChI=1S/C21H15ClN2O5S/c1-12-10-14(22)8-9-17(12)24-30(27,28)15-5-2-4-13(11-15)20-23-18-7-3-6-16(21(25)26)19(18)29-20/h2-11,24H,1H3,(H,25,26). The van der Waals surface area contributed by atoms with Crippen LogP contribution in [0.25, 0.3) is 22.6 Å².